The van der Waals surface area contributed by atoms with Crippen molar-refractivity contribution in [3.8, 4) is 5.75 Å². The molecule has 110 valence electrons. The van der Waals surface area contributed by atoms with Crippen molar-refractivity contribution in [3.05, 3.63) is 59.2 Å². The van der Waals surface area contributed by atoms with Gasteiger partial charge in [0.1, 0.15) is 5.75 Å². The number of nitrogens with two attached hydrogens (primary N) is 1. The van der Waals surface area contributed by atoms with Crippen LogP contribution in [0.3, 0.4) is 0 Å². The minimum Gasteiger partial charge on any atom is -0.497 e. The summed E-state index contributed by atoms with van der Waals surface area (Å²) in [4.78, 5) is 12.2. The van der Waals surface area contributed by atoms with Gasteiger partial charge in [-0.15, -0.1) is 0 Å². The largest absolute Gasteiger partial charge is 0.497 e. The number of rotatable bonds is 4. The van der Waals surface area contributed by atoms with Crippen LogP contribution in [-0.4, -0.2) is 13.0 Å². The van der Waals surface area contributed by atoms with Crippen molar-refractivity contribution in [2.75, 3.05) is 12.8 Å². The normalized spacial score (nSPS) is 11.8. The van der Waals surface area contributed by atoms with E-state index in [2.05, 4.69) is 5.32 Å². The number of anilines is 1. The number of aryl methyl sites for hydroxylation is 1. The maximum atomic E-state index is 12.2. The topological polar surface area (TPSA) is 64.3 Å². The van der Waals surface area contributed by atoms with Crippen molar-refractivity contribution in [1.29, 1.82) is 0 Å². The van der Waals surface area contributed by atoms with Gasteiger partial charge in [0.2, 0.25) is 0 Å². The SMILES string of the molecule is COc1ccc([C@H](C)NC(=O)c2ccc(N)c(C)c2)cc1. The van der Waals surface area contributed by atoms with E-state index in [1.54, 1.807) is 25.3 Å². The zero-order valence-corrected chi connectivity index (χ0v) is 12.5. The number of amides is 1. The lowest BCUT2D eigenvalue weighted by atomic mass is 10.1. The number of benzene rings is 2. The molecule has 1 amide bonds. The van der Waals surface area contributed by atoms with Gasteiger partial charge in [0.15, 0.2) is 0 Å². The second-order valence-electron chi connectivity index (χ2n) is 5.04. The van der Waals surface area contributed by atoms with Gasteiger partial charge >= 0.3 is 0 Å². The van der Waals surface area contributed by atoms with Crippen LogP contribution in [-0.2, 0) is 0 Å². The average Bonchev–Trinajstić information content (AvgIpc) is 2.50. The monoisotopic (exact) mass is 284 g/mol. The molecule has 0 radical (unpaired) electrons. The minimum absolute atomic E-state index is 0.0822. The quantitative estimate of drug-likeness (QED) is 0.848. The van der Waals surface area contributed by atoms with Crippen LogP contribution in [0.15, 0.2) is 42.5 Å². The highest BCUT2D eigenvalue weighted by molar-refractivity contribution is 5.95. The van der Waals surface area contributed by atoms with E-state index in [1.165, 1.54) is 0 Å². The molecule has 0 aliphatic rings. The van der Waals surface area contributed by atoms with Gasteiger partial charge in [-0.3, -0.25) is 4.79 Å². The van der Waals surface area contributed by atoms with Crippen LogP contribution in [0, 0.1) is 6.92 Å². The molecule has 0 aliphatic heterocycles. The molecule has 1 atom stereocenters. The molecule has 0 bridgehead atoms. The molecule has 3 N–H and O–H groups in total. The van der Waals surface area contributed by atoms with E-state index >= 15 is 0 Å². The molecule has 0 unspecified atom stereocenters. The predicted octanol–water partition coefficient (Wildman–Crippen LogP) is 3.08. The van der Waals surface area contributed by atoms with Crippen LogP contribution in [0.4, 0.5) is 5.69 Å². The molecule has 0 fully saturated rings. The van der Waals surface area contributed by atoms with Crippen molar-refractivity contribution >= 4 is 11.6 Å². The van der Waals surface area contributed by atoms with Crippen LogP contribution in [0.25, 0.3) is 0 Å². The molecule has 0 saturated carbocycles. The smallest absolute Gasteiger partial charge is 0.251 e. The number of nitrogens with one attached hydrogen (secondary N) is 1. The molecule has 0 heterocycles. The van der Waals surface area contributed by atoms with Crippen molar-refractivity contribution in [2.45, 2.75) is 19.9 Å². The summed E-state index contributed by atoms with van der Waals surface area (Å²) in [6.07, 6.45) is 0. The Bertz CT molecular complexity index is 636. The number of nitrogen functional groups attached to an aromatic ring is 1. The third-order valence-electron chi connectivity index (χ3n) is 3.50. The number of hydrogen-bond donors (Lipinski definition) is 2. The van der Waals surface area contributed by atoms with Gasteiger partial charge in [-0.25, -0.2) is 0 Å². The number of hydrogen-bond acceptors (Lipinski definition) is 3. The summed E-state index contributed by atoms with van der Waals surface area (Å²) < 4.78 is 5.12. The van der Waals surface area contributed by atoms with Crippen LogP contribution in [0.1, 0.15) is 34.5 Å². The van der Waals surface area contributed by atoms with Crippen LogP contribution in [0.5, 0.6) is 5.75 Å². The lowest BCUT2D eigenvalue weighted by Crippen LogP contribution is -2.26. The zero-order chi connectivity index (χ0) is 15.4. The Balaban J connectivity index is 2.08. The highest BCUT2D eigenvalue weighted by Gasteiger charge is 2.12. The lowest BCUT2D eigenvalue weighted by molar-refractivity contribution is 0.0940. The molecule has 4 heteroatoms. The zero-order valence-electron chi connectivity index (χ0n) is 12.5. The van der Waals surface area contributed by atoms with E-state index in [0.717, 1.165) is 16.9 Å². The standard InChI is InChI=1S/C17H20N2O2/c1-11-10-14(6-9-16(11)18)17(20)19-12(2)13-4-7-15(21-3)8-5-13/h4-10,12H,18H2,1-3H3,(H,19,20)/t12-/m0/s1. The molecule has 2 aromatic carbocycles. The Morgan fingerprint density at radius 1 is 1.19 bits per heavy atom. The van der Waals surface area contributed by atoms with Gasteiger partial charge in [0.25, 0.3) is 5.91 Å². The maximum absolute atomic E-state index is 12.2. The Kier molecular flexibility index (Phi) is 4.48. The second-order valence-corrected chi connectivity index (χ2v) is 5.04. The van der Waals surface area contributed by atoms with Crippen molar-refractivity contribution in [2.24, 2.45) is 0 Å². The molecular weight excluding hydrogens is 264 g/mol. The van der Waals surface area contributed by atoms with Crippen molar-refractivity contribution < 1.29 is 9.53 Å². The molecule has 0 aromatic heterocycles. The molecule has 0 aliphatic carbocycles. The first kappa shape index (κ1) is 14.9. The predicted molar refractivity (Wildman–Crippen MR) is 84.5 cm³/mol. The van der Waals surface area contributed by atoms with E-state index < -0.39 is 0 Å². The Morgan fingerprint density at radius 3 is 2.43 bits per heavy atom. The fourth-order valence-electron chi connectivity index (χ4n) is 2.07. The molecular formula is C17H20N2O2. The third kappa shape index (κ3) is 3.54. The summed E-state index contributed by atoms with van der Waals surface area (Å²) in [5.74, 6) is 0.688. The van der Waals surface area contributed by atoms with Gasteiger partial charge in [-0.05, 0) is 55.3 Å². The highest BCUT2D eigenvalue weighted by atomic mass is 16.5. The number of methoxy groups -OCH3 is 1. The Labute approximate surface area is 124 Å². The molecule has 0 saturated heterocycles. The Morgan fingerprint density at radius 2 is 1.86 bits per heavy atom. The fraction of sp³-hybridized carbons (Fsp3) is 0.235. The maximum Gasteiger partial charge on any atom is 0.251 e. The summed E-state index contributed by atoms with van der Waals surface area (Å²) in [7, 11) is 1.63. The molecule has 0 spiro atoms. The van der Waals surface area contributed by atoms with Crippen molar-refractivity contribution in [3.63, 3.8) is 0 Å². The number of ether oxygens (including phenoxy) is 1. The van der Waals surface area contributed by atoms with E-state index in [0.29, 0.717) is 11.3 Å². The van der Waals surface area contributed by atoms with Crippen LogP contribution in [0.2, 0.25) is 0 Å². The van der Waals surface area contributed by atoms with Gasteiger partial charge in [0.05, 0.1) is 13.2 Å². The van der Waals surface area contributed by atoms with E-state index in [9.17, 15) is 4.79 Å². The van der Waals surface area contributed by atoms with Crippen LogP contribution >= 0.6 is 0 Å². The van der Waals surface area contributed by atoms with E-state index in [1.807, 2.05) is 38.1 Å². The first-order chi connectivity index (χ1) is 10.0. The minimum atomic E-state index is -0.110. The third-order valence-corrected chi connectivity index (χ3v) is 3.50. The van der Waals surface area contributed by atoms with Crippen molar-refractivity contribution in [1.82, 2.24) is 5.32 Å². The average molecular weight is 284 g/mol. The summed E-state index contributed by atoms with van der Waals surface area (Å²) in [5.41, 5.74) is 8.99. The van der Waals surface area contributed by atoms with Gasteiger partial charge in [0, 0.05) is 11.3 Å². The number of carbonyl (C=O) groups is 1. The van der Waals surface area contributed by atoms with E-state index in [-0.39, 0.29) is 11.9 Å². The summed E-state index contributed by atoms with van der Waals surface area (Å²) >= 11 is 0. The Hall–Kier alpha value is -2.49. The van der Waals surface area contributed by atoms with Gasteiger partial charge in [-0.1, -0.05) is 12.1 Å². The molecule has 2 rings (SSSR count). The summed E-state index contributed by atoms with van der Waals surface area (Å²) in [6.45, 7) is 3.84. The first-order valence-electron chi connectivity index (χ1n) is 6.82. The summed E-state index contributed by atoms with van der Waals surface area (Å²) in [6, 6.07) is 12.8. The first-order valence-corrected chi connectivity index (χ1v) is 6.82. The molecule has 4 nitrogen and oxygen atoms in total. The fourth-order valence-corrected chi connectivity index (χ4v) is 2.07. The second kappa shape index (κ2) is 6.31. The van der Waals surface area contributed by atoms with Crippen LogP contribution < -0.4 is 15.8 Å². The summed E-state index contributed by atoms with van der Waals surface area (Å²) in [5, 5.41) is 2.98. The molecule has 21 heavy (non-hydrogen) atoms. The van der Waals surface area contributed by atoms with Gasteiger partial charge < -0.3 is 15.8 Å². The number of carbonyl (C=O) groups excluding carboxylic acids is 1. The lowest BCUT2D eigenvalue weighted by Gasteiger charge is -2.15. The van der Waals surface area contributed by atoms with Gasteiger partial charge in [-0.2, -0.15) is 0 Å². The van der Waals surface area contributed by atoms with E-state index in [4.69, 9.17) is 10.5 Å². The highest BCUT2D eigenvalue weighted by Crippen LogP contribution is 2.18. The molecule has 2 aromatic rings.